The largest absolute Gasteiger partial charge is 0.416 e. The molecule has 1 aromatic heterocycles. The van der Waals surface area contributed by atoms with Crippen LogP contribution in [0.2, 0.25) is 0 Å². The Morgan fingerprint density at radius 2 is 1.31 bits per heavy atom. The van der Waals surface area contributed by atoms with Crippen molar-refractivity contribution in [1.82, 2.24) is 4.57 Å². The maximum atomic E-state index is 13.3. The van der Waals surface area contributed by atoms with Crippen molar-refractivity contribution in [3.63, 3.8) is 0 Å². The van der Waals surface area contributed by atoms with E-state index in [9.17, 15) is 13.2 Å². The first-order valence-corrected chi connectivity index (χ1v) is 8.27. The number of nitrogens with zero attached hydrogens (tertiary/aromatic N) is 1. The van der Waals surface area contributed by atoms with E-state index in [1.807, 2.05) is 72.3 Å². The Hall–Kier alpha value is -3.01. The third-order valence-electron chi connectivity index (χ3n) is 4.64. The zero-order chi connectivity index (χ0) is 18.3. The van der Waals surface area contributed by atoms with Gasteiger partial charge in [-0.2, -0.15) is 13.2 Å². The van der Waals surface area contributed by atoms with Gasteiger partial charge in [-0.1, -0.05) is 60.7 Å². The van der Waals surface area contributed by atoms with E-state index in [0.717, 1.165) is 34.0 Å². The lowest BCUT2D eigenvalue weighted by molar-refractivity contribution is -0.137. The van der Waals surface area contributed by atoms with Crippen LogP contribution in [-0.2, 0) is 13.2 Å². The van der Waals surface area contributed by atoms with Crippen LogP contribution in [0.5, 0.6) is 0 Å². The van der Waals surface area contributed by atoms with Crippen LogP contribution in [0.1, 0.15) is 5.56 Å². The normalized spacial score (nSPS) is 11.8. The Labute approximate surface area is 149 Å². The molecule has 0 spiro atoms. The number of aromatic nitrogens is 1. The summed E-state index contributed by atoms with van der Waals surface area (Å²) in [6.07, 6.45) is -4.37. The fourth-order valence-corrected chi connectivity index (χ4v) is 3.45. The second kappa shape index (κ2) is 6.06. The van der Waals surface area contributed by atoms with Gasteiger partial charge in [0.25, 0.3) is 0 Å². The highest BCUT2D eigenvalue weighted by Crippen LogP contribution is 2.42. The second-order valence-electron chi connectivity index (χ2n) is 6.24. The number of aryl methyl sites for hydroxylation is 1. The van der Waals surface area contributed by atoms with Crippen molar-refractivity contribution in [2.75, 3.05) is 0 Å². The summed E-state index contributed by atoms with van der Waals surface area (Å²) in [7, 11) is 1.89. The van der Waals surface area contributed by atoms with Crippen LogP contribution < -0.4 is 0 Å². The summed E-state index contributed by atoms with van der Waals surface area (Å²) >= 11 is 0. The molecule has 130 valence electrons. The summed E-state index contributed by atoms with van der Waals surface area (Å²) in [6, 6.07) is 23.3. The monoisotopic (exact) mass is 351 g/mol. The van der Waals surface area contributed by atoms with E-state index >= 15 is 0 Å². The van der Waals surface area contributed by atoms with E-state index in [1.54, 1.807) is 6.07 Å². The van der Waals surface area contributed by atoms with Gasteiger partial charge in [-0.15, -0.1) is 0 Å². The summed E-state index contributed by atoms with van der Waals surface area (Å²) in [5, 5.41) is 0.604. The lowest BCUT2D eigenvalue weighted by Gasteiger charge is -2.09. The number of alkyl halides is 3. The smallest absolute Gasteiger partial charge is 0.343 e. The highest BCUT2D eigenvalue weighted by atomic mass is 19.4. The van der Waals surface area contributed by atoms with E-state index in [0.29, 0.717) is 5.39 Å². The highest BCUT2D eigenvalue weighted by molar-refractivity contribution is 6.04. The molecule has 0 radical (unpaired) electrons. The Morgan fingerprint density at radius 3 is 1.88 bits per heavy atom. The molecule has 0 aliphatic heterocycles. The Balaban J connectivity index is 2.12. The zero-order valence-electron chi connectivity index (χ0n) is 14.1. The van der Waals surface area contributed by atoms with E-state index in [2.05, 4.69) is 0 Å². The second-order valence-corrected chi connectivity index (χ2v) is 6.24. The van der Waals surface area contributed by atoms with Crippen LogP contribution in [0.4, 0.5) is 13.2 Å². The topological polar surface area (TPSA) is 4.93 Å². The van der Waals surface area contributed by atoms with Crippen molar-refractivity contribution in [1.29, 1.82) is 0 Å². The van der Waals surface area contributed by atoms with Gasteiger partial charge in [-0.3, -0.25) is 0 Å². The first-order valence-electron chi connectivity index (χ1n) is 8.27. The minimum absolute atomic E-state index is 0.604. The molecule has 0 aliphatic rings. The van der Waals surface area contributed by atoms with E-state index < -0.39 is 11.7 Å². The van der Waals surface area contributed by atoms with Gasteiger partial charge in [0.05, 0.1) is 11.3 Å². The van der Waals surface area contributed by atoms with Crippen molar-refractivity contribution in [3.8, 4) is 22.4 Å². The molecule has 0 saturated carbocycles. The highest BCUT2D eigenvalue weighted by Gasteiger charge is 2.31. The Bertz CT molecular complexity index is 1060. The average molecular weight is 351 g/mol. The molecule has 0 N–H and O–H groups in total. The molecule has 0 fully saturated rings. The van der Waals surface area contributed by atoms with Crippen LogP contribution in [-0.4, -0.2) is 4.57 Å². The van der Waals surface area contributed by atoms with Gasteiger partial charge in [-0.25, -0.2) is 0 Å². The van der Waals surface area contributed by atoms with Gasteiger partial charge in [0.1, 0.15) is 0 Å². The molecular weight excluding hydrogens is 335 g/mol. The summed E-state index contributed by atoms with van der Waals surface area (Å²) < 4.78 is 41.8. The fourth-order valence-electron chi connectivity index (χ4n) is 3.45. The standard InChI is InChI=1S/C22H16F3N/c1-26-19-13-12-17(22(23,24)25)14-18(19)20(15-8-4-2-5-9-15)21(26)16-10-6-3-7-11-16/h2-14H,1H3. The van der Waals surface area contributed by atoms with Crippen molar-refractivity contribution in [2.24, 2.45) is 7.05 Å². The summed E-state index contributed by atoms with van der Waals surface area (Å²) in [6.45, 7) is 0. The molecule has 4 aromatic rings. The molecule has 0 atom stereocenters. The molecule has 0 bridgehead atoms. The van der Waals surface area contributed by atoms with Gasteiger partial charge in [0.2, 0.25) is 0 Å². The van der Waals surface area contributed by atoms with Crippen molar-refractivity contribution in [2.45, 2.75) is 6.18 Å². The van der Waals surface area contributed by atoms with Crippen molar-refractivity contribution in [3.05, 3.63) is 84.4 Å². The molecule has 0 aliphatic carbocycles. The van der Waals surface area contributed by atoms with E-state index in [1.165, 1.54) is 6.07 Å². The molecular formula is C22H16F3N. The van der Waals surface area contributed by atoms with Gasteiger partial charge in [-0.05, 0) is 29.3 Å². The van der Waals surface area contributed by atoms with Gasteiger partial charge >= 0.3 is 6.18 Å². The number of fused-ring (bicyclic) bond motifs is 1. The lowest BCUT2D eigenvalue weighted by Crippen LogP contribution is -2.04. The summed E-state index contributed by atoms with van der Waals surface area (Å²) in [5.41, 5.74) is 3.74. The van der Waals surface area contributed by atoms with E-state index in [4.69, 9.17) is 0 Å². The number of hydrogen-bond acceptors (Lipinski definition) is 0. The molecule has 1 nitrogen and oxygen atoms in total. The van der Waals surface area contributed by atoms with Crippen LogP contribution in [0.25, 0.3) is 33.3 Å². The third-order valence-corrected chi connectivity index (χ3v) is 4.64. The molecule has 26 heavy (non-hydrogen) atoms. The van der Waals surface area contributed by atoms with Gasteiger partial charge < -0.3 is 4.57 Å². The molecule has 3 aromatic carbocycles. The number of rotatable bonds is 2. The van der Waals surface area contributed by atoms with Gasteiger partial charge in [0, 0.05) is 23.5 Å². The molecule has 0 saturated heterocycles. The molecule has 4 rings (SSSR count). The first kappa shape index (κ1) is 16.5. The van der Waals surface area contributed by atoms with Crippen LogP contribution in [0.15, 0.2) is 78.9 Å². The molecule has 0 unspecified atom stereocenters. The molecule has 4 heteroatoms. The summed E-state index contributed by atoms with van der Waals surface area (Å²) in [5.74, 6) is 0. The minimum Gasteiger partial charge on any atom is -0.343 e. The SMILES string of the molecule is Cn1c(-c2ccccc2)c(-c2ccccc2)c2cc(C(F)(F)F)ccc21. The third kappa shape index (κ3) is 2.68. The maximum absolute atomic E-state index is 13.3. The number of halogens is 3. The fraction of sp³-hybridized carbons (Fsp3) is 0.0909. The zero-order valence-corrected chi connectivity index (χ0v) is 14.1. The maximum Gasteiger partial charge on any atom is 0.416 e. The number of hydrogen-bond donors (Lipinski definition) is 0. The number of benzene rings is 3. The molecule has 1 heterocycles. The molecule has 0 amide bonds. The average Bonchev–Trinajstić information content (AvgIpc) is 2.95. The first-order chi connectivity index (χ1) is 12.5. The van der Waals surface area contributed by atoms with Crippen LogP contribution >= 0.6 is 0 Å². The van der Waals surface area contributed by atoms with Crippen molar-refractivity contribution < 1.29 is 13.2 Å². The van der Waals surface area contributed by atoms with Crippen molar-refractivity contribution >= 4 is 10.9 Å². The van der Waals surface area contributed by atoms with Crippen LogP contribution in [0.3, 0.4) is 0 Å². The quantitative estimate of drug-likeness (QED) is 0.387. The predicted molar refractivity (Wildman–Crippen MR) is 98.8 cm³/mol. The predicted octanol–water partition coefficient (Wildman–Crippen LogP) is 6.53. The Morgan fingerprint density at radius 1 is 0.731 bits per heavy atom. The van der Waals surface area contributed by atoms with Gasteiger partial charge in [0.15, 0.2) is 0 Å². The lowest BCUT2D eigenvalue weighted by atomic mass is 9.97. The van der Waals surface area contributed by atoms with E-state index in [-0.39, 0.29) is 0 Å². The Kier molecular flexibility index (Phi) is 3.83. The summed E-state index contributed by atoms with van der Waals surface area (Å²) in [4.78, 5) is 0. The minimum atomic E-state index is -4.37. The van der Waals surface area contributed by atoms with Crippen LogP contribution in [0, 0.1) is 0 Å².